The molecule has 0 saturated carbocycles. The van der Waals surface area contributed by atoms with Crippen molar-refractivity contribution in [2.75, 3.05) is 17.6 Å². The van der Waals surface area contributed by atoms with Crippen LogP contribution in [0.15, 0.2) is 35.1 Å². The number of nitrogens with two attached hydrogens (primary N) is 1. The first-order valence-electron chi connectivity index (χ1n) is 4.69. The molecular weight excluding hydrogens is 192 g/mol. The number of nitrogens with zero attached hydrogens (tertiary/aromatic N) is 2. The van der Waals surface area contributed by atoms with E-state index in [4.69, 9.17) is 10.3 Å². The smallest absolute Gasteiger partial charge is 0.228 e. The molecular formula is C10H12N4O. The fraction of sp³-hybridized carbons (Fsp3) is 0.200. The van der Waals surface area contributed by atoms with Gasteiger partial charge in [0.2, 0.25) is 5.89 Å². The maximum absolute atomic E-state index is 5.57. The lowest BCUT2D eigenvalue weighted by molar-refractivity contribution is 0.380. The van der Waals surface area contributed by atoms with Gasteiger partial charge in [-0.25, -0.2) is 0 Å². The molecule has 0 amide bonds. The van der Waals surface area contributed by atoms with E-state index in [0.29, 0.717) is 12.3 Å². The second-order valence-electron chi connectivity index (χ2n) is 3.13. The van der Waals surface area contributed by atoms with Gasteiger partial charge < -0.3 is 15.6 Å². The number of anilines is 2. The van der Waals surface area contributed by atoms with Crippen LogP contribution < -0.4 is 11.1 Å². The molecule has 0 unspecified atom stereocenters. The molecule has 3 N–H and O–H groups in total. The standard InChI is InChI=1S/C10H12N4O/c11-8-1-3-9(4-2-8)12-6-5-10-13-7-14-15-10/h1-4,7,12H,5-6,11H2. The highest BCUT2D eigenvalue weighted by Crippen LogP contribution is 2.10. The Balaban J connectivity index is 1.81. The Kier molecular flexibility index (Phi) is 2.82. The number of aromatic nitrogens is 2. The maximum atomic E-state index is 5.57. The molecule has 0 fully saturated rings. The molecule has 0 aliphatic rings. The van der Waals surface area contributed by atoms with Crippen LogP contribution in [0.3, 0.4) is 0 Å². The highest BCUT2D eigenvalue weighted by Gasteiger charge is 1.98. The molecule has 5 nitrogen and oxygen atoms in total. The Morgan fingerprint density at radius 3 is 2.73 bits per heavy atom. The summed E-state index contributed by atoms with van der Waals surface area (Å²) in [6.07, 6.45) is 2.11. The van der Waals surface area contributed by atoms with Crippen molar-refractivity contribution < 1.29 is 4.52 Å². The van der Waals surface area contributed by atoms with Crippen LogP contribution in [-0.2, 0) is 6.42 Å². The number of nitrogens with one attached hydrogen (secondary N) is 1. The van der Waals surface area contributed by atoms with E-state index in [-0.39, 0.29) is 0 Å². The Morgan fingerprint density at radius 1 is 1.27 bits per heavy atom. The number of nitrogen functional groups attached to an aromatic ring is 1. The summed E-state index contributed by atoms with van der Waals surface area (Å²) < 4.78 is 4.87. The molecule has 1 heterocycles. The number of benzene rings is 1. The van der Waals surface area contributed by atoms with Crippen molar-refractivity contribution in [3.63, 3.8) is 0 Å². The molecule has 0 aliphatic heterocycles. The average molecular weight is 204 g/mol. The molecule has 1 aromatic heterocycles. The van der Waals surface area contributed by atoms with Crippen LogP contribution in [-0.4, -0.2) is 16.7 Å². The first kappa shape index (κ1) is 9.51. The largest absolute Gasteiger partial charge is 0.399 e. The number of hydrogen-bond acceptors (Lipinski definition) is 5. The number of hydrogen-bond donors (Lipinski definition) is 2. The summed E-state index contributed by atoms with van der Waals surface area (Å²) in [7, 11) is 0. The van der Waals surface area contributed by atoms with Crippen molar-refractivity contribution in [1.29, 1.82) is 0 Å². The van der Waals surface area contributed by atoms with Crippen LogP contribution in [0.1, 0.15) is 5.89 Å². The average Bonchev–Trinajstić information content (AvgIpc) is 2.74. The predicted octanol–water partition coefficient (Wildman–Crippen LogP) is 1.31. The van der Waals surface area contributed by atoms with Gasteiger partial charge in [0.15, 0.2) is 6.33 Å². The van der Waals surface area contributed by atoms with Crippen molar-refractivity contribution in [1.82, 2.24) is 10.1 Å². The summed E-state index contributed by atoms with van der Waals surface area (Å²) in [5, 5.41) is 6.76. The SMILES string of the molecule is Nc1ccc(NCCc2ncno2)cc1. The van der Waals surface area contributed by atoms with Crippen molar-refractivity contribution in [3.05, 3.63) is 36.5 Å². The first-order chi connectivity index (χ1) is 7.34. The third-order valence-electron chi connectivity index (χ3n) is 1.99. The summed E-state index contributed by atoms with van der Waals surface area (Å²) >= 11 is 0. The molecule has 0 radical (unpaired) electrons. The molecule has 0 saturated heterocycles. The maximum Gasteiger partial charge on any atom is 0.228 e. The summed E-state index contributed by atoms with van der Waals surface area (Å²) in [6.45, 7) is 0.756. The molecule has 2 rings (SSSR count). The summed E-state index contributed by atoms with van der Waals surface area (Å²) in [6, 6.07) is 7.58. The minimum absolute atomic E-state index is 0.637. The second kappa shape index (κ2) is 4.45. The Hall–Kier alpha value is -2.04. The fourth-order valence-corrected chi connectivity index (χ4v) is 1.22. The molecule has 2 aromatic rings. The molecule has 78 valence electrons. The zero-order chi connectivity index (χ0) is 10.5. The lowest BCUT2D eigenvalue weighted by Crippen LogP contribution is -2.04. The van der Waals surface area contributed by atoms with Gasteiger partial charge in [-0.1, -0.05) is 5.16 Å². The van der Waals surface area contributed by atoms with Crippen LogP contribution >= 0.6 is 0 Å². The van der Waals surface area contributed by atoms with Gasteiger partial charge in [-0.05, 0) is 24.3 Å². The minimum atomic E-state index is 0.637. The number of rotatable bonds is 4. The highest BCUT2D eigenvalue weighted by atomic mass is 16.5. The van der Waals surface area contributed by atoms with E-state index < -0.39 is 0 Å². The van der Waals surface area contributed by atoms with Crippen LogP contribution in [0.4, 0.5) is 11.4 Å². The van der Waals surface area contributed by atoms with E-state index in [0.717, 1.165) is 17.9 Å². The molecule has 0 spiro atoms. The van der Waals surface area contributed by atoms with Gasteiger partial charge >= 0.3 is 0 Å². The quantitative estimate of drug-likeness (QED) is 0.734. The lowest BCUT2D eigenvalue weighted by Gasteiger charge is -2.04. The van der Waals surface area contributed by atoms with E-state index >= 15 is 0 Å². The molecule has 5 heteroatoms. The molecule has 15 heavy (non-hydrogen) atoms. The molecule has 0 atom stereocenters. The zero-order valence-corrected chi connectivity index (χ0v) is 8.18. The van der Waals surface area contributed by atoms with Crippen LogP contribution in [0, 0.1) is 0 Å². The topological polar surface area (TPSA) is 77.0 Å². The first-order valence-corrected chi connectivity index (χ1v) is 4.69. The zero-order valence-electron chi connectivity index (χ0n) is 8.18. The monoisotopic (exact) mass is 204 g/mol. The van der Waals surface area contributed by atoms with Gasteiger partial charge in [0.05, 0.1) is 0 Å². The van der Waals surface area contributed by atoms with E-state index in [2.05, 4.69) is 15.5 Å². The van der Waals surface area contributed by atoms with Gasteiger partial charge in [0.1, 0.15) is 0 Å². The lowest BCUT2D eigenvalue weighted by atomic mass is 10.3. The van der Waals surface area contributed by atoms with Gasteiger partial charge in [0, 0.05) is 24.3 Å². The molecule has 0 bridgehead atoms. The van der Waals surface area contributed by atoms with Crippen molar-refractivity contribution >= 4 is 11.4 Å². The summed E-state index contributed by atoms with van der Waals surface area (Å²) in [5.41, 5.74) is 7.36. The van der Waals surface area contributed by atoms with Gasteiger partial charge in [-0.3, -0.25) is 0 Å². The predicted molar refractivity (Wildman–Crippen MR) is 57.3 cm³/mol. The van der Waals surface area contributed by atoms with Crippen LogP contribution in [0.25, 0.3) is 0 Å². The third kappa shape index (κ3) is 2.70. The Labute approximate surface area is 87.3 Å². The van der Waals surface area contributed by atoms with Crippen molar-refractivity contribution in [2.45, 2.75) is 6.42 Å². The Morgan fingerprint density at radius 2 is 2.07 bits per heavy atom. The molecule has 1 aromatic carbocycles. The normalized spacial score (nSPS) is 10.1. The second-order valence-corrected chi connectivity index (χ2v) is 3.13. The van der Waals surface area contributed by atoms with E-state index in [9.17, 15) is 0 Å². The minimum Gasteiger partial charge on any atom is -0.399 e. The third-order valence-corrected chi connectivity index (χ3v) is 1.99. The van der Waals surface area contributed by atoms with E-state index in [1.807, 2.05) is 24.3 Å². The summed E-state index contributed by atoms with van der Waals surface area (Å²) in [5.74, 6) is 0.637. The van der Waals surface area contributed by atoms with Gasteiger partial charge in [0.25, 0.3) is 0 Å². The molecule has 0 aliphatic carbocycles. The Bertz CT molecular complexity index is 396. The highest BCUT2D eigenvalue weighted by molar-refractivity contribution is 5.51. The fourth-order valence-electron chi connectivity index (χ4n) is 1.22. The van der Waals surface area contributed by atoms with Gasteiger partial charge in [-0.2, -0.15) is 4.98 Å². The van der Waals surface area contributed by atoms with Gasteiger partial charge in [-0.15, -0.1) is 0 Å². The van der Waals surface area contributed by atoms with E-state index in [1.165, 1.54) is 6.33 Å². The van der Waals surface area contributed by atoms with Crippen LogP contribution in [0.5, 0.6) is 0 Å². The van der Waals surface area contributed by atoms with Crippen molar-refractivity contribution in [2.24, 2.45) is 0 Å². The van der Waals surface area contributed by atoms with E-state index in [1.54, 1.807) is 0 Å². The van der Waals surface area contributed by atoms with Crippen LogP contribution in [0.2, 0.25) is 0 Å². The summed E-state index contributed by atoms with van der Waals surface area (Å²) in [4.78, 5) is 3.92. The van der Waals surface area contributed by atoms with Crippen molar-refractivity contribution in [3.8, 4) is 0 Å².